The lowest BCUT2D eigenvalue weighted by molar-refractivity contribution is 0.338. The fourth-order valence-corrected chi connectivity index (χ4v) is 2.76. The smallest absolute Gasteiger partial charge is 0.119 e. The second-order valence-corrected chi connectivity index (χ2v) is 4.94. The maximum Gasteiger partial charge on any atom is 0.119 e. The van der Waals surface area contributed by atoms with E-state index in [1.54, 1.807) is 0 Å². The van der Waals surface area contributed by atoms with Crippen LogP contribution < -0.4 is 10.5 Å². The Balaban J connectivity index is 2.96. The molecule has 0 radical (unpaired) electrons. The molecule has 0 atom stereocenters. The minimum Gasteiger partial charge on any atom is -0.494 e. The maximum atomic E-state index is 6.08. The number of ether oxygens (including phenoxy) is 1. The van der Waals surface area contributed by atoms with Crippen LogP contribution in [0.4, 0.5) is 0 Å². The summed E-state index contributed by atoms with van der Waals surface area (Å²) < 4.78 is 5.50. The molecule has 0 amide bonds. The van der Waals surface area contributed by atoms with Crippen LogP contribution in [-0.2, 0) is 5.41 Å². The lowest BCUT2D eigenvalue weighted by atomic mass is 9.73. The predicted octanol–water partition coefficient (Wildman–Crippen LogP) is 3.88. The van der Waals surface area contributed by atoms with Crippen molar-refractivity contribution in [2.75, 3.05) is 13.2 Å². The van der Waals surface area contributed by atoms with Gasteiger partial charge >= 0.3 is 0 Å². The summed E-state index contributed by atoms with van der Waals surface area (Å²) in [5, 5.41) is 0. The summed E-state index contributed by atoms with van der Waals surface area (Å²) in [5.74, 6) is 0.945. The predicted molar refractivity (Wildman–Crippen MR) is 78.2 cm³/mol. The Kier molecular flexibility index (Phi) is 6.20. The minimum absolute atomic E-state index is 0.147. The van der Waals surface area contributed by atoms with E-state index in [1.165, 1.54) is 18.4 Å². The summed E-state index contributed by atoms with van der Waals surface area (Å²) in [6.45, 7) is 7.91. The Bertz CT molecular complexity index is 325. The van der Waals surface area contributed by atoms with Crippen LogP contribution in [0, 0.1) is 0 Å². The zero-order chi connectivity index (χ0) is 13.4. The van der Waals surface area contributed by atoms with Gasteiger partial charge in [-0.1, -0.05) is 38.8 Å². The van der Waals surface area contributed by atoms with Gasteiger partial charge in [-0.15, -0.1) is 0 Å². The van der Waals surface area contributed by atoms with Gasteiger partial charge in [-0.2, -0.15) is 0 Å². The first-order valence-electron chi connectivity index (χ1n) is 7.15. The van der Waals surface area contributed by atoms with Crippen molar-refractivity contribution in [3.63, 3.8) is 0 Å². The second kappa shape index (κ2) is 7.42. The molecule has 0 fully saturated rings. The third-order valence-corrected chi connectivity index (χ3v) is 3.63. The van der Waals surface area contributed by atoms with E-state index >= 15 is 0 Å². The molecule has 102 valence electrons. The summed E-state index contributed by atoms with van der Waals surface area (Å²) >= 11 is 0. The van der Waals surface area contributed by atoms with E-state index in [9.17, 15) is 0 Å². The molecule has 0 aromatic heterocycles. The first kappa shape index (κ1) is 15.0. The largest absolute Gasteiger partial charge is 0.494 e. The zero-order valence-electron chi connectivity index (χ0n) is 12.0. The quantitative estimate of drug-likeness (QED) is 0.758. The van der Waals surface area contributed by atoms with E-state index in [-0.39, 0.29) is 5.41 Å². The molecule has 0 bridgehead atoms. The summed E-state index contributed by atoms with van der Waals surface area (Å²) in [5.41, 5.74) is 7.58. The van der Waals surface area contributed by atoms with Crippen molar-refractivity contribution in [3.05, 3.63) is 29.8 Å². The van der Waals surface area contributed by atoms with E-state index in [2.05, 4.69) is 38.1 Å². The molecule has 18 heavy (non-hydrogen) atoms. The summed E-state index contributed by atoms with van der Waals surface area (Å²) in [7, 11) is 0. The van der Waals surface area contributed by atoms with Gasteiger partial charge in [0, 0.05) is 12.0 Å². The summed E-state index contributed by atoms with van der Waals surface area (Å²) in [6, 6.07) is 8.50. The SMILES string of the molecule is CCCC(CN)(CCC)c1ccc(OCC)cc1. The topological polar surface area (TPSA) is 35.2 Å². The zero-order valence-corrected chi connectivity index (χ0v) is 12.0. The second-order valence-electron chi connectivity index (χ2n) is 4.94. The van der Waals surface area contributed by atoms with Crippen molar-refractivity contribution in [2.24, 2.45) is 5.73 Å². The molecule has 0 spiro atoms. The molecule has 0 heterocycles. The first-order valence-corrected chi connectivity index (χ1v) is 7.15. The average Bonchev–Trinajstić information content (AvgIpc) is 2.39. The van der Waals surface area contributed by atoms with Crippen LogP contribution in [0.1, 0.15) is 52.0 Å². The molecular formula is C16H27NO. The molecule has 0 aliphatic rings. The van der Waals surface area contributed by atoms with Crippen molar-refractivity contribution >= 4 is 0 Å². The van der Waals surface area contributed by atoms with Gasteiger partial charge in [0.2, 0.25) is 0 Å². The first-order chi connectivity index (χ1) is 8.72. The van der Waals surface area contributed by atoms with Crippen LogP contribution in [0.3, 0.4) is 0 Å². The van der Waals surface area contributed by atoms with Gasteiger partial charge in [-0.05, 0) is 37.5 Å². The molecule has 1 rings (SSSR count). The van der Waals surface area contributed by atoms with Crippen molar-refractivity contribution in [3.8, 4) is 5.75 Å². The monoisotopic (exact) mass is 249 g/mol. The van der Waals surface area contributed by atoms with E-state index in [4.69, 9.17) is 10.5 Å². The molecule has 0 saturated carbocycles. The standard InChI is InChI=1S/C16H27NO/c1-4-11-16(13-17,12-5-2)14-7-9-15(10-8-14)18-6-3/h7-10H,4-6,11-13,17H2,1-3H3. The molecule has 0 unspecified atom stereocenters. The van der Waals surface area contributed by atoms with Crippen LogP contribution in [0.25, 0.3) is 0 Å². The van der Waals surface area contributed by atoms with E-state index in [1.807, 2.05) is 6.92 Å². The number of rotatable bonds is 8. The van der Waals surface area contributed by atoms with Gasteiger partial charge in [0.15, 0.2) is 0 Å². The molecule has 1 aromatic carbocycles. The molecule has 0 aliphatic carbocycles. The molecular weight excluding hydrogens is 222 g/mol. The highest BCUT2D eigenvalue weighted by Crippen LogP contribution is 2.34. The Morgan fingerprint density at radius 1 is 1.00 bits per heavy atom. The van der Waals surface area contributed by atoms with Crippen molar-refractivity contribution in [2.45, 2.75) is 51.9 Å². The fraction of sp³-hybridized carbons (Fsp3) is 0.625. The number of hydrogen-bond donors (Lipinski definition) is 1. The Morgan fingerprint density at radius 3 is 1.94 bits per heavy atom. The molecule has 0 aliphatic heterocycles. The minimum atomic E-state index is 0.147. The van der Waals surface area contributed by atoms with E-state index in [0.29, 0.717) is 6.61 Å². The summed E-state index contributed by atoms with van der Waals surface area (Å²) in [6.07, 6.45) is 4.66. The van der Waals surface area contributed by atoms with Gasteiger partial charge in [0.1, 0.15) is 5.75 Å². The Labute approximate surface area is 112 Å². The molecule has 2 N–H and O–H groups in total. The molecule has 0 saturated heterocycles. The number of hydrogen-bond acceptors (Lipinski definition) is 2. The van der Waals surface area contributed by atoms with Crippen molar-refractivity contribution < 1.29 is 4.74 Å². The van der Waals surface area contributed by atoms with Crippen LogP contribution in [0.15, 0.2) is 24.3 Å². The van der Waals surface area contributed by atoms with Crippen LogP contribution in [0.2, 0.25) is 0 Å². The third-order valence-electron chi connectivity index (χ3n) is 3.63. The number of benzene rings is 1. The maximum absolute atomic E-state index is 6.08. The molecule has 1 aromatic rings. The lowest BCUT2D eigenvalue weighted by Gasteiger charge is -2.33. The Hall–Kier alpha value is -1.02. The normalized spacial score (nSPS) is 11.6. The molecule has 2 nitrogen and oxygen atoms in total. The van der Waals surface area contributed by atoms with Gasteiger partial charge in [-0.3, -0.25) is 0 Å². The van der Waals surface area contributed by atoms with Crippen LogP contribution in [-0.4, -0.2) is 13.2 Å². The lowest BCUT2D eigenvalue weighted by Crippen LogP contribution is -2.35. The molecule has 2 heteroatoms. The van der Waals surface area contributed by atoms with Gasteiger partial charge in [0.05, 0.1) is 6.61 Å². The van der Waals surface area contributed by atoms with Crippen LogP contribution >= 0.6 is 0 Å². The van der Waals surface area contributed by atoms with Gasteiger partial charge in [0.25, 0.3) is 0 Å². The number of nitrogens with two attached hydrogens (primary N) is 1. The fourth-order valence-electron chi connectivity index (χ4n) is 2.76. The highest BCUT2D eigenvalue weighted by molar-refractivity contribution is 5.33. The van der Waals surface area contributed by atoms with Gasteiger partial charge in [-0.25, -0.2) is 0 Å². The highest BCUT2D eigenvalue weighted by atomic mass is 16.5. The third kappa shape index (κ3) is 3.49. The van der Waals surface area contributed by atoms with Crippen molar-refractivity contribution in [1.82, 2.24) is 0 Å². The van der Waals surface area contributed by atoms with E-state index < -0.39 is 0 Å². The summed E-state index contributed by atoms with van der Waals surface area (Å²) in [4.78, 5) is 0. The van der Waals surface area contributed by atoms with E-state index in [0.717, 1.165) is 25.1 Å². The highest BCUT2D eigenvalue weighted by Gasteiger charge is 2.28. The van der Waals surface area contributed by atoms with Gasteiger partial charge < -0.3 is 10.5 Å². The van der Waals surface area contributed by atoms with Crippen molar-refractivity contribution in [1.29, 1.82) is 0 Å². The Morgan fingerprint density at radius 2 is 1.56 bits per heavy atom. The van der Waals surface area contributed by atoms with Crippen LogP contribution in [0.5, 0.6) is 5.75 Å². The average molecular weight is 249 g/mol.